The second-order valence-corrected chi connectivity index (χ2v) is 12.0. The fourth-order valence-electron chi connectivity index (χ4n) is 4.67. The van der Waals surface area contributed by atoms with Crippen molar-refractivity contribution >= 4 is 34.8 Å². The average Bonchev–Trinajstić information content (AvgIpc) is 3.35. The van der Waals surface area contributed by atoms with Gasteiger partial charge in [0.25, 0.3) is 12.0 Å². The van der Waals surface area contributed by atoms with E-state index in [2.05, 4.69) is 10.1 Å². The lowest BCUT2D eigenvalue weighted by atomic mass is 10.0. The maximum atomic E-state index is 14.5. The highest BCUT2D eigenvalue weighted by atomic mass is 19.3. The Bertz CT molecular complexity index is 1740. The van der Waals surface area contributed by atoms with Gasteiger partial charge in [-0.2, -0.15) is 0 Å². The molecule has 0 aliphatic heterocycles. The number of hydrogen-bond acceptors (Lipinski definition) is 8. The third-order valence-electron chi connectivity index (χ3n) is 6.83. The zero-order chi connectivity index (χ0) is 35.8. The zero-order valence-corrected chi connectivity index (χ0v) is 27.6. The molecule has 12 nitrogen and oxygen atoms in total. The highest BCUT2D eigenvalue weighted by Gasteiger charge is 2.26. The largest absolute Gasteiger partial charge is 0.485 e. The summed E-state index contributed by atoms with van der Waals surface area (Å²) >= 11 is 0. The van der Waals surface area contributed by atoms with Gasteiger partial charge in [0.15, 0.2) is 5.78 Å². The van der Waals surface area contributed by atoms with Crippen molar-refractivity contribution in [3.63, 3.8) is 0 Å². The number of aromatic nitrogens is 2. The lowest BCUT2D eigenvalue weighted by molar-refractivity contribution is -0.123. The summed E-state index contributed by atoms with van der Waals surface area (Å²) in [4.78, 5) is 65.5. The molecule has 0 unspecified atom stereocenters. The van der Waals surface area contributed by atoms with Crippen molar-refractivity contribution in [2.24, 2.45) is 0 Å². The summed E-state index contributed by atoms with van der Waals surface area (Å²) < 4.78 is 58.1. The number of likely N-dealkylation sites (N-methyl/N-ethyl adjacent to an activating group) is 1. The summed E-state index contributed by atoms with van der Waals surface area (Å²) in [5.41, 5.74) is -1.39. The van der Waals surface area contributed by atoms with E-state index in [9.17, 15) is 37.1 Å². The van der Waals surface area contributed by atoms with Gasteiger partial charge in [0, 0.05) is 43.7 Å². The van der Waals surface area contributed by atoms with Crippen molar-refractivity contribution in [1.29, 1.82) is 0 Å². The van der Waals surface area contributed by atoms with E-state index in [-0.39, 0.29) is 59.6 Å². The van der Waals surface area contributed by atoms with Gasteiger partial charge in [0.05, 0.1) is 25.4 Å². The van der Waals surface area contributed by atoms with Gasteiger partial charge in [0.2, 0.25) is 5.91 Å². The number of alkyl halides is 2. The molecule has 48 heavy (non-hydrogen) atoms. The van der Waals surface area contributed by atoms with Gasteiger partial charge in [-0.25, -0.2) is 27.3 Å². The van der Waals surface area contributed by atoms with Gasteiger partial charge < -0.3 is 29.0 Å². The highest BCUT2D eigenvalue weighted by Crippen LogP contribution is 2.32. The van der Waals surface area contributed by atoms with Crippen LogP contribution in [0.1, 0.15) is 44.9 Å². The first-order valence-electron chi connectivity index (χ1n) is 14.9. The molecule has 0 saturated heterocycles. The minimum Gasteiger partial charge on any atom is -0.485 e. The highest BCUT2D eigenvalue weighted by molar-refractivity contribution is 5.95. The van der Waals surface area contributed by atoms with E-state index in [0.717, 1.165) is 23.8 Å². The van der Waals surface area contributed by atoms with Crippen molar-refractivity contribution in [3.8, 4) is 5.75 Å². The van der Waals surface area contributed by atoms with Crippen LogP contribution >= 0.6 is 0 Å². The van der Waals surface area contributed by atoms with Crippen molar-refractivity contribution in [2.45, 2.75) is 64.6 Å². The Hall–Kier alpha value is -5.08. The molecule has 3 aromatic rings. The Labute approximate surface area is 275 Å². The standard InChI is InChI=1S/C33H39F3N4O8/c1-33(2,3)48-32(45)40-23(15-21-14-22(34)17-26(29(21)40)47-19-27(35)36)18-39-13-9-10-20(30(39)43)16-25(41)24(37-31(44)46-6)11-7-8-12-28(42)38(4)5/h8-10,12-15,17,24,27H,7,11,16,18-19H2,1-6H3,(H,37,44)/b12-8+/t24-/m0/s1. The van der Waals surface area contributed by atoms with Crippen molar-refractivity contribution < 1.29 is 46.6 Å². The number of carbonyl (C=O) groups excluding carboxylic acids is 4. The summed E-state index contributed by atoms with van der Waals surface area (Å²) in [7, 11) is 4.31. The monoisotopic (exact) mass is 676 g/mol. The Morgan fingerprint density at radius 1 is 1.10 bits per heavy atom. The van der Waals surface area contributed by atoms with Crippen LogP contribution in [0.4, 0.5) is 22.8 Å². The number of amides is 2. The van der Waals surface area contributed by atoms with E-state index >= 15 is 0 Å². The number of hydrogen-bond donors (Lipinski definition) is 1. The van der Waals surface area contributed by atoms with E-state index in [1.165, 1.54) is 39.9 Å². The molecule has 1 N–H and O–H groups in total. The molecule has 2 amide bonds. The Kier molecular flexibility index (Phi) is 12.6. The predicted octanol–water partition coefficient (Wildman–Crippen LogP) is 4.68. The quantitative estimate of drug-likeness (QED) is 0.258. The van der Waals surface area contributed by atoms with Crippen molar-refractivity contribution in [3.05, 3.63) is 76.1 Å². The lowest BCUT2D eigenvalue weighted by Gasteiger charge is -2.21. The molecule has 2 heterocycles. The zero-order valence-electron chi connectivity index (χ0n) is 27.6. The van der Waals surface area contributed by atoms with Gasteiger partial charge in [-0.3, -0.25) is 14.4 Å². The number of allylic oxidation sites excluding steroid dienone is 1. The third-order valence-corrected chi connectivity index (χ3v) is 6.83. The number of benzene rings is 1. The summed E-state index contributed by atoms with van der Waals surface area (Å²) in [5, 5.41) is 2.60. The van der Waals surface area contributed by atoms with Crippen LogP contribution in [-0.2, 0) is 32.0 Å². The lowest BCUT2D eigenvalue weighted by Crippen LogP contribution is -2.42. The Balaban J connectivity index is 1.98. The van der Waals surface area contributed by atoms with Crippen LogP contribution in [0.15, 0.2) is 53.5 Å². The average molecular weight is 677 g/mol. The van der Waals surface area contributed by atoms with Crippen LogP contribution in [0.25, 0.3) is 10.9 Å². The van der Waals surface area contributed by atoms with E-state index in [1.54, 1.807) is 40.9 Å². The summed E-state index contributed by atoms with van der Waals surface area (Å²) in [6, 6.07) is 5.29. The van der Waals surface area contributed by atoms with Crippen LogP contribution in [0, 0.1) is 5.82 Å². The first kappa shape index (κ1) is 37.4. The first-order chi connectivity index (χ1) is 22.5. The molecule has 0 fully saturated rings. The number of methoxy groups -OCH3 is 1. The van der Waals surface area contributed by atoms with Gasteiger partial charge in [0.1, 0.15) is 29.3 Å². The van der Waals surface area contributed by atoms with Crippen molar-refractivity contribution in [2.75, 3.05) is 27.8 Å². The number of ether oxygens (including phenoxy) is 3. The molecule has 0 aliphatic carbocycles. The molecule has 2 aromatic heterocycles. The number of Topliss-reactive ketones (excluding diaryl/α,β-unsaturated/α-hetero) is 1. The smallest absolute Gasteiger partial charge is 0.419 e. The minimum atomic E-state index is -2.87. The molecule has 260 valence electrons. The van der Waals surface area contributed by atoms with Gasteiger partial charge in [-0.1, -0.05) is 12.1 Å². The number of rotatable bonds is 13. The Morgan fingerprint density at radius 2 is 1.81 bits per heavy atom. The fraction of sp³-hybridized carbons (Fsp3) is 0.424. The number of halogens is 3. The number of pyridine rings is 1. The van der Waals surface area contributed by atoms with E-state index in [4.69, 9.17) is 9.47 Å². The van der Waals surface area contributed by atoms with Crippen molar-refractivity contribution in [1.82, 2.24) is 19.4 Å². The number of carbonyl (C=O) groups is 4. The van der Waals surface area contributed by atoms with Crippen LogP contribution in [-0.4, -0.2) is 83.8 Å². The molecule has 0 aliphatic rings. The minimum absolute atomic E-state index is 0.0289. The fourth-order valence-corrected chi connectivity index (χ4v) is 4.67. The molecule has 0 spiro atoms. The number of nitrogens with one attached hydrogen (secondary N) is 1. The predicted molar refractivity (Wildman–Crippen MR) is 170 cm³/mol. The van der Waals surface area contributed by atoms with Gasteiger partial charge in [-0.15, -0.1) is 0 Å². The molecule has 15 heteroatoms. The first-order valence-corrected chi connectivity index (χ1v) is 14.9. The number of fused-ring (bicyclic) bond motifs is 1. The molecule has 0 radical (unpaired) electrons. The van der Waals surface area contributed by atoms with E-state index in [0.29, 0.717) is 0 Å². The topological polar surface area (TPSA) is 138 Å². The molecule has 1 aromatic carbocycles. The van der Waals surface area contributed by atoms with Crippen LogP contribution in [0.3, 0.4) is 0 Å². The van der Waals surface area contributed by atoms with Gasteiger partial charge in [-0.05, 0) is 57.9 Å². The van der Waals surface area contributed by atoms with Crippen LogP contribution < -0.4 is 15.6 Å². The maximum absolute atomic E-state index is 14.5. The van der Waals surface area contributed by atoms with Gasteiger partial charge >= 0.3 is 12.2 Å². The Morgan fingerprint density at radius 3 is 2.44 bits per heavy atom. The van der Waals surface area contributed by atoms with Crippen LogP contribution in [0.2, 0.25) is 0 Å². The molecule has 3 rings (SSSR count). The molecular weight excluding hydrogens is 637 g/mol. The molecule has 0 saturated carbocycles. The maximum Gasteiger partial charge on any atom is 0.419 e. The summed E-state index contributed by atoms with van der Waals surface area (Å²) in [6.07, 6.45) is -0.311. The van der Waals surface area contributed by atoms with E-state index < -0.39 is 54.0 Å². The normalized spacial score (nSPS) is 12.3. The number of ketones is 1. The summed E-state index contributed by atoms with van der Waals surface area (Å²) in [6.45, 7) is 3.55. The number of alkyl carbamates (subject to hydrolysis) is 1. The number of nitrogens with zero attached hydrogens (tertiary/aromatic N) is 3. The SMILES string of the molecule is COC(=O)N[C@@H](CC/C=C/C(=O)N(C)C)C(=O)Cc1cccn(Cc2cc3cc(F)cc(OCC(F)F)c3n2C(=O)OC(C)(C)C)c1=O. The molecule has 0 bridgehead atoms. The second-order valence-electron chi connectivity index (χ2n) is 12.0. The van der Waals surface area contributed by atoms with E-state index in [1.807, 2.05) is 0 Å². The second kappa shape index (κ2) is 16.2. The summed E-state index contributed by atoms with van der Waals surface area (Å²) in [5.74, 6) is -1.87. The third kappa shape index (κ3) is 10.2. The molecular formula is C33H39F3N4O8. The van der Waals surface area contributed by atoms with Crippen LogP contribution in [0.5, 0.6) is 5.75 Å². The molecule has 1 atom stereocenters.